The van der Waals surface area contributed by atoms with Crippen molar-refractivity contribution in [2.45, 2.75) is 4.90 Å². The molecule has 1 fully saturated rings. The van der Waals surface area contributed by atoms with Crippen LogP contribution in [0.25, 0.3) is 11.3 Å². The molecule has 11 nitrogen and oxygen atoms in total. The number of thiazole rings is 1. The number of hydrogen-bond donors (Lipinski definition) is 1. The lowest BCUT2D eigenvalue weighted by molar-refractivity contribution is -0.119. The van der Waals surface area contributed by atoms with Gasteiger partial charge in [-0.2, -0.15) is 4.31 Å². The molecule has 0 saturated carbocycles. The maximum atomic E-state index is 14.3. The minimum absolute atomic E-state index is 0.143. The maximum Gasteiger partial charge on any atom is 0.341 e. The lowest BCUT2D eigenvalue weighted by Gasteiger charge is -2.26. The van der Waals surface area contributed by atoms with Crippen molar-refractivity contribution < 1.29 is 41.3 Å². The van der Waals surface area contributed by atoms with Gasteiger partial charge in [0.15, 0.2) is 23.2 Å². The standard InChI is InChI=1S/C24H24FN3O8S2/c1-33-20-6-3-15(11-21(20)34-2)19-14-37-24(26-19)27-22(29)13-36-23(30)17-12-16(4-5-18(17)25)38(31,32)28-7-9-35-10-8-28/h3-6,11-12,14H,7-10,13H2,1-2H3,(H,26,27,29). The number of carbonyl (C=O) groups is 2. The largest absolute Gasteiger partial charge is 0.493 e. The number of esters is 1. The monoisotopic (exact) mass is 565 g/mol. The second kappa shape index (κ2) is 11.9. The van der Waals surface area contributed by atoms with Crippen molar-refractivity contribution in [1.29, 1.82) is 0 Å². The lowest BCUT2D eigenvalue weighted by Crippen LogP contribution is -2.40. The second-order valence-electron chi connectivity index (χ2n) is 7.89. The summed E-state index contributed by atoms with van der Waals surface area (Å²) in [5.74, 6) is -1.78. The van der Waals surface area contributed by atoms with Gasteiger partial charge >= 0.3 is 5.97 Å². The van der Waals surface area contributed by atoms with E-state index >= 15 is 0 Å². The van der Waals surface area contributed by atoms with E-state index < -0.39 is 39.9 Å². The molecule has 1 aliphatic heterocycles. The Labute approximate surface area is 222 Å². The summed E-state index contributed by atoms with van der Waals surface area (Å²) in [7, 11) is -0.916. The number of aromatic nitrogens is 1. The third-order valence-electron chi connectivity index (χ3n) is 5.53. The smallest absolute Gasteiger partial charge is 0.341 e. The molecule has 0 spiro atoms. The van der Waals surface area contributed by atoms with Crippen LogP contribution in [0.4, 0.5) is 9.52 Å². The number of rotatable bonds is 9. The number of hydrogen-bond acceptors (Lipinski definition) is 10. The molecule has 1 aliphatic rings. The van der Waals surface area contributed by atoms with Crippen LogP contribution in [0.5, 0.6) is 11.5 Å². The van der Waals surface area contributed by atoms with Crippen molar-refractivity contribution in [3.05, 3.63) is 53.2 Å². The van der Waals surface area contributed by atoms with Crippen LogP contribution >= 0.6 is 11.3 Å². The van der Waals surface area contributed by atoms with Crippen molar-refractivity contribution in [2.75, 3.05) is 52.4 Å². The first-order chi connectivity index (χ1) is 18.2. The van der Waals surface area contributed by atoms with Crippen LogP contribution in [0.2, 0.25) is 0 Å². The third-order valence-corrected chi connectivity index (χ3v) is 8.18. The molecule has 202 valence electrons. The zero-order chi connectivity index (χ0) is 27.3. The molecule has 1 aromatic heterocycles. The van der Waals surface area contributed by atoms with Crippen molar-refractivity contribution in [3.63, 3.8) is 0 Å². The van der Waals surface area contributed by atoms with Gasteiger partial charge in [-0.15, -0.1) is 11.3 Å². The predicted molar refractivity (Wildman–Crippen MR) is 136 cm³/mol. The highest BCUT2D eigenvalue weighted by Gasteiger charge is 2.28. The van der Waals surface area contributed by atoms with Gasteiger partial charge in [0.2, 0.25) is 10.0 Å². The van der Waals surface area contributed by atoms with Gasteiger partial charge in [0, 0.05) is 24.0 Å². The molecular formula is C24H24FN3O8S2. The number of nitrogens with zero attached hydrogens (tertiary/aromatic N) is 2. The first kappa shape index (κ1) is 27.4. The highest BCUT2D eigenvalue weighted by atomic mass is 32.2. The van der Waals surface area contributed by atoms with Gasteiger partial charge in [0.1, 0.15) is 5.82 Å². The number of carbonyl (C=O) groups excluding carboxylic acids is 2. The minimum atomic E-state index is -3.96. The molecule has 1 N–H and O–H groups in total. The lowest BCUT2D eigenvalue weighted by atomic mass is 10.1. The normalized spacial score (nSPS) is 14.1. The molecular weight excluding hydrogens is 541 g/mol. The Balaban J connectivity index is 1.38. The van der Waals surface area contributed by atoms with Crippen LogP contribution < -0.4 is 14.8 Å². The van der Waals surface area contributed by atoms with Gasteiger partial charge < -0.3 is 18.9 Å². The van der Waals surface area contributed by atoms with E-state index in [0.717, 1.165) is 35.1 Å². The highest BCUT2D eigenvalue weighted by molar-refractivity contribution is 7.89. The van der Waals surface area contributed by atoms with E-state index in [-0.39, 0.29) is 36.3 Å². The van der Waals surface area contributed by atoms with Crippen LogP contribution in [0.3, 0.4) is 0 Å². The van der Waals surface area contributed by atoms with Crippen molar-refractivity contribution in [1.82, 2.24) is 9.29 Å². The third kappa shape index (κ3) is 6.10. The van der Waals surface area contributed by atoms with Gasteiger partial charge in [-0.3, -0.25) is 10.1 Å². The molecule has 0 atom stereocenters. The Morgan fingerprint density at radius 3 is 2.55 bits per heavy atom. The Morgan fingerprint density at radius 1 is 1.11 bits per heavy atom. The molecule has 2 aromatic carbocycles. The number of nitrogens with one attached hydrogen (secondary N) is 1. The molecule has 4 rings (SSSR count). The second-order valence-corrected chi connectivity index (χ2v) is 10.7. The first-order valence-corrected chi connectivity index (χ1v) is 13.6. The van der Waals surface area contributed by atoms with Crippen molar-refractivity contribution >= 4 is 38.4 Å². The van der Waals surface area contributed by atoms with E-state index in [2.05, 4.69) is 10.3 Å². The Morgan fingerprint density at radius 2 is 1.84 bits per heavy atom. The first-order valence-electron chi connectivity index (χ1n) is 11.2. The van der Waals surface area contributed by atoms with Crippen LogP contribution in [0.15, 0.2) is 46.7 Å². The number of benzene rings is 2. The topological polar surface area (TPSA) is 133 Å². The SMILES string of the molecule is COc1ccc(-c2csc(NC(=O)COC(=O)c3cc(S(=O)(=O)N4CCOCC4)ccc3F)n2)cc1OC. The van der Waals surface area contributed by atoms with Gasteiger partial charge in [-0.25, -0.2) is 22.6 Å². The highest BCUT2D eigenvalue weighted by Crippen LogP contribution is 2.33. The molecule has 3 aromatic rings. The summed E-state index contributed by atoms with van der Waals surface area (Å²) in [5, 5.41) is 4.48. The summed E-state index contributed by atoms with van der Waals surface area (Å²) in [5.41, 5.74) is 0.703. The summed E-state index contributed by atoms with van der Waals surface area (Å²) in [4.78, 5) is 28.9. The average molecular weight is 566 g/mol. The minimum Gasteiger partial charge on any atom is -0.493 e. The number of sulfonamides is 1. The van der Waals surface area contributed by atoms with E-state index in [1.165, 1.54) is 18.5 Å². The molecule has 1 saturated heterocycles. The van der Waals surface area contributed by atoms with Crippen molar-refractivity contribution in [2.24, 2.45) is 0 Å². The molecule has 38 heavy (non-hydrogen) atoms. The van der Waals surface area contributed by atoms with Crippen LogP contribution in [-0.2, 0) is 24.3 Å². The number of anilines is 1. The van der Waals surface area contributed by atoms with Crippen LogP contribution in [0.1, 0.15) is 10.4 Å². The molecule has 0 radical (unpaired) electrons. The van der Waals surface area contributed by atoms with E-state index in [0.29, 0.717) is 17.2 Å². The van der Waals surface area contributed by atoms with E-state index in [9.17, 15) is 22.4 Å². The van der Waals surface area contributed by atoms with E-state index in [4.69, 9.17) is 18.9 Å². The summed E-state index contributed by atoms with van der Waals surface area (Å²) in [6, 6.07) is 8.09. The molecule has 2 heterocycles. The fourth-order valence-electron chi connectivity index (χ4n) is 3.58. The fraction of sp³-hybridized carbons (Fsp3) is 0.292. The zero-order valence-electron chi connectivity index (χ0n) is 20.4. The summed E-state index contributed by atoms with van der Waals surface area (Å²) >= 11 is 1.15. The summed E-state index contributed by atoms with van der Waals surface area (Å²) in [6.45, 7) is 0.0247. The van der Waals surface area contributed by atoms with Gasteiger partial charge in [-0.1, -0.05) is 0 Å². The zero-order valence-corrected chi connectivity index (χ0v) is 22.1. The molecule has 1 amide bonds. The maximum absolute atomic E-state index is 14.3. The number of morpholine rings is 1. The number of amides is 1. The molecule has 14 heteroatoms. The molecule has 0 bridgehead atoms. The van der Waals surface area contributed by atoms with Gasteiger partial charge in [-0.05, 0) is 36.4 Å². The van der Waals surface area contributed by atoms with E-state index in [1.54, 1.807) is 23.6 Å². The predicted octanol–water partition coefficient (Wildman–Crippen LogP) is 2.78. The molecule has 0 aliphatic carbocycles. The van der Waals surface area contributed by atoms with E-state index in [1.807, 2.05) is 0 Å². The van der Waals surface area contributed by atoms with Gasteiger partial charge in [0.25, 0.3) is 5.91 Å². The fourth-order valence-corrected chi connectivity index (χ4v) is 5.75. The Bertz CT molecular complexity index is 1440. The Kier molecular flexibility index (Phi) is 8.56. The summed E-state index contributed by atoms with van der Waals surface area (Å²) in [6.07, 6.45) is 0. The summed E-state index contributed by atoms with van der Waals surface area (Å²) < 4.78 is 61.8. The number of halogens is 1. The van der Waals surface area contributed by atoms with Crippen LogP contribution in [0, 0.1) is 5.82 Å². The van der Waals surface area contributed by atoms with Crippen molar-refractivity contribution in [3.8, 4) is 22.8 Å². The molecule has 0 unspecified atom stereocenters. The van der Waals surface area contributed by atoms with Gasteiger partial charge in [0.05, 0.1) is 43.6 Å². The number of methoxy groups -OCH3 is 2. The quantitative estimate of drug-likeness (QED) is 0.389. The number of ether oxygens (including phenoxy) is 4. The van der Waals surface area contributed by atoms with Crippen LogP contribution in [-0.4, -0.2) is 76.7 Å². The average Bonchev–Trinajstić information content (AvgIpc) is 3.40. The Hall–Kier alpha value is -3.59.